The van der Waals surface area contributed by atoms with E-state index in [0.29, 0.717) is 22.2 Å². The van der Waals surface area contributed by atoms with E-state index in [9.17, 15) is 4.79 Å². The molecule has 1 aliphatic rings. The summed E-state index contributed by atoms with van der Waals surface area (Å²) in [4.78, 5) is 12.2. The third-order valence-corrected chi connectivity index (χ3v) is 3.89. The van der Waals surface area contributed by atoms with Gasteiger partial charge in [0.2, 0.25) is 0 Å². The summed E-state index contributed by atoms with van der Waals surface area (Å²) < 4.78 is 0. The lowest BCUT2D eigenvalue weighted by Gasteiger charge is -2.28. The van der Waals surface area contributed by atoms with Crippen LogP contribution in [0.25, 0.3) is 0 Å². The topological polar surface area (TPSA) is 55.1 Å². The molecule has 0 saturated heterocycles. The summed E-state index contributed by atoms with van der Waals surface area (Å²) in [7, 11) is 0. The molecular weight excluding hydrogens is 271 g/mol. The quantitative estimate of drug-likeness (QED) is 0.898. The Kier molecular flexibility index (Phi) is 4.15. The minimum Gasteiger partial charge on any atom is -0.345 e. The lowest BCUT2D eigenvalue weighted by Crippen LogP contribution is -2.51. The van der Waals surface area contributed by atoms with Crippen LogP contribution in [-0.4, -0.2) is 18.0 Å². The molecular formula is C13H16Cl2N2O. The predicted molar refractivity (Wildman–Crippen MR) is 74.2 cm³/mol. The monoisotopic (exact) mass is 286 g/mol. The zero-order valence-corrected chi connectivity index (χ0v) is 11.5. The molecule has 1 fully saturated rings. The molecule has 0 heterocycles. The van der Waals surface area contributed by atoms with Crippen molar-refractivity contribution in [2.45, 2.75) is 31.2 Å². The molecule has 5 heteroatoms. The maximum Gasteiger partial charge on any atom is 0.251 e. The fourth-order valence-electron chi connectivity index (χ4n) is 2.43. The van der Waals surface area contributed by atoms with Gasteiger partial charge in [-0.3, -0.25) is 4.79 Å². The van der Waals surface area contributed by atoms with Gasteiger partial charge in [0.05, 0.1) is 5.54 Å². The van der Waals surface area contributed by atoms with Crippen LogP contribution in [0.3, 0.4) is 0 Å². The van der Waals surface area contributed by atoms with Crippen LogP contribution in [0.5, 0.6) is 0 Å². The van der Waals surface area contributed by atoms with Gasteiger partial charge < -0.3 is 11.1 Å². The van der Waals surface area contributed by atoms with E-state index in [1.54, 1.807) is 18.2 Å². The number of nitrogens with two attached hydrogens (primary N) is 1. The van der Waals surface area contributed by atoms with Gasteiger partial charge in [-0.2, -0.15) is 0 Å². The van der Waals surface area contributed by atoms with E-state index in [1.165, 1.54) is 0 Å². The molecule has 98 valence electrons. The van der Waals surface area contributed by atoms with Crippen molar-refractivity contribution in [1.82, 2.24) is 5.32 Å². The van der Waals surface area contributed by atoms with Crippen molar-refractivity contribution in [2.24, 2.45) is 5.73 Å². The van der Waals surface area contributed by atoms with E-state index in [2.05, 4.69) is 5.32 Å². The van der Waals surface area contributed by atoms with Crippen LogP contribution in [0.4, 0.5) is 0 Å². The minimum absolute atomic E-state index is 0.160. The number of carbonyl (C=O) groups excluding carboxylic acids is 1. The standard InChI is InChI=1S/C13H16Cl2N2O/c14-10-5-9(6-11(15)7-10)12(18)17-13(8-16)3-1-2-4-13/h5-7H,1-4,8,16H2,(H,17,18). The smallest absolute Gasteiger partial charge is 0.251 e. The van der Waals surface area contributed by atoms with Crippen molar-refractivity contribution >= 4 is 29.1 Å². The molecule has 0 atom stereocenters. The van der Waals surface area contributed by atoms with Gasteiger partial charge in [0.15, 0.2) is 0 Å². The summed E-state index contributed by atoms with van der Waals surface area (Å²) in [5, 5.41) is 3.95. The van der Waals surface area contributed by atoms with Gasteiger partial charge in [0.1, 0.15) is 0 Å². The fourth-order valence-corrected chi connectivity index (χ4v) is 2.96. The van der Waals surface area contributed by atoms with Crippen molar-refractivity contribution in [3.05, 3.63) is 33.8 Å². The molecule has 0 aliphatic heterocycles. The molecule has 1 amide bonds. The number of carbonyl (C=O) groups is 1. The number of hydrogen-bond acceptors (Lipinski definition) is 2. The Morgan fingerprint density at radius 3 is 2.28 bits per heavy atom. The lowest BCUT2D eigenvalue weighted by molar-refractivity contribution is 0.0903. The van der Waals surface area contributed by atoms with Crippen LogP contribution in [0.2, 0.25) is 10.0 Å². The second-order valence-corrected chi connectivity index (χ2v) is 5.68. The molecule has 1 aliphatic carbocycles. The van der Waals surface area contributed by atoms with Crippen molar-refractivity contribution in [3.8, 4) is 0 Å². The molecule has 3 nitrogen and oxygen atoms in total. The zero-order valence-electron chi connectivity index (χ0n) is 10.0. The number of hydrogen-bond donors (Lipinski definition) is 2. The van der Waals surface area contributed by atoms with Gasteiger partial charge in [0.25, 0.3) is 5.91 Å². The SMILES string of the molecule is NCC1(NC(=O)c2cc(Cl)cc(Cl)c2)CCCC1. The Morgan fingerprint density at radius 1 is 1.22 bits per heavy atom. The van der Waals surface area contributed by atoms with Crippen molar-refractivity contribution in [1.29, 1.82) is 0 Å². The third kappa shape index (κ3) is 2.97. The van der Waals surface area contributed by atoms with Gasteiger partial charge in [-0.1, -0.05) is 36.0 Å². The highest BCUT2D eigenvalue weighted by atomic mass is 35.5. The van der Waals surface area contributed by atoms with E-state index in [-0.39, 0.29) is 11.4 Å². The van der Waals surface area contributed by atoms with Crippen LogP contribution in [0.15, 0.2) is 18.2 Å². The largest absolute Gasteiger partial charge is 0.345 e. The van der Waals surface area contributed by atoms with Crippen LogP contribution in [0.1, 0.15) is 36.0 Å². The van der Waals surface area contributed by atoms with E-state index < -0.39 is 0 Å². The Hall–Kier alpha value is -0.770. The summed E-state index contributed by atoms with van der Waals surface area (Å²) >= 11 is 11.8. The molecule has 3 N–H and O–H groups in total. The Bertz CT molecular complexity index is 436. The van der Waals surface area contributed by atoms with Gasteiger partial charge in [-0.25, -0.2) is 0 Å². The molecule has 0 radical (unpaired) electrons. The first-order chi connectivity index (χ1) is 8.54. The van der Waals surface area contributed by atoms with Gasteiger partial charge in [-0.15, -0.1) is 0 Å². The van der Waals surface area contributed by atoms with Gasteiger partial charge in [0, 0.05) is 22.2 Å². The molecule has 1 saturated carbocycles. The second-order valence-electron chi connectivity index (χ2n) is 4.80. The molecule has 0 unspecified atom stereocenters. The Balaban J connectivity index is 2.16. The number of amides is 1. The summed E-state index contributed by atoms with van der Waals surface area (Å²) in [6.07, 6.45) is 4.08. The van der Waals surface area contributed by atoms with E-state index in [4.69, 9.17) is 28.9 Å². The van der Waals surface area contributed by atoms with Gasteiger partial charge >= 0.3 is 0 Å². The number of rotatable bonds is 3. The first-order valence-corrected chi connectivity index (χ1v) is 6.79. The van der Waals surface area contributed by atoms with Crippen molar-refractivity contribution < 1.29 is 4.79 Å². The van der Waals surface area contributed by atoms with Crippen LogP contribution in [-0.2, 0) is 0 Å². The average Bonchev–Trinajstić information content (AvgIpc) is 2.77. The van der Waals surface area contributed by atoms with Crippen LogP contribution < -0.4 is 11.1 Å². The maximum absolute atomic E-state index is 12.2. The second kappa shape index (κ2) is 5.47. The minimum atomic E-state index is -0.258. The van der Waals surface area contributed by atoms with E-state index >= 15 is 0 Å². The molecule has 1 aromatic rings. The number of benzene rings is 1. The third-order valence-electron chi connectivity index (χ3n) is 3.45. The Morgan fingerprint density at radius 2 is 1.78 bits per heavy atom. The first-order valence-electron chi connectivity index (χ1n) is 6.03. The summed E-state index contributed by atoms with van der Waals surface area (Å²) in [5.74, 6) is -0.160. The average molecular weight is 287 g/mol. The summed E-state index contributed by atoms with van der Waals surface area (Å²) in [6, 6.07) is 4.83. The first kappa shape index (κ1) is 13.7. The van der Waals surface area contributed by atoms with E-state index in [1.807, 2.05) is 0 Å². The molecule has 0 spiro atoms. The van der Waals surface area contributed by atoms with Crippen molar-refractivity contribution in [2.75, 3.05) is 6.54 Å². The lowest BCUT2D eigenvalue weighted by atomic mass is 9.97. The van der Waals surface area contributed by atoms with Crippen LogP contribution >= 0.6 is 23.2 Å². The highest BCUT2D eigenvalue weighted by molar-refractivity contribution is 6.35. The fraction of sp³-hybridized carbons (Fsp3) is 0.462. The normalized spacial score (nSPS) is 17.7. The molecule has 0 aromatic heterocycles. The van der Waals surface area contributed by atoms with Crippen molar-refractivity contribution in [3.63, 3.8) is 0 Å². The number of halogens is 2. The Labute approximate surface area is 117 Å². The molecule has 2 rings (SSSR count). The summed E-state index contributed by atoms with van der Waals surface area (Å²) in [6.45, 7) is 0.465. The predicted octanol–water partition coefficient (Wildman–Crippen LogP) is 2.99. The molecule has 1 aromatic carbocycles. The summed E-state index contributed by atoms with van der Waals surface area (Å²) in [5.41, 5.74) is 6.01. The highest BCUT2D eigenvalue weighted by Gasteiger charge is 2.34. The molecule has 18 heavy (non-hydrogen) atoms. The number of nitrogens with one attached hydrogen (secondary N) is 1. The van der Waals surface area contributed by atoms with Gasteiger partial charge in [-0.05, 0) is 31.0 Å². The maximum atomic E-state index is 12.2. The van der Waals surface area contributed by atoms with Crippen LogP contribution in [0, 0.1) is 0 Å². The van der Waals surface area contributed by atoms with E-state index in [0.717, 1.165) is 25.7 Å². The highest BCUT2D eigenvalue weighted by Crippen LogP contribution is 2.29. The molecule has 0 bridgehead atoms. The zero-order chi connectivity index (χ0) is 13.2.